The molecule has 1 amide bonds. The summed E-state index contributed by atoms with van der Waals surface area (Å²) in [5, 5.41) is 9.50. The third-order valence-electron chi connectivity index (χ3n) is 5.58. The molecule has 2 aromatic carbocycles. The van der Waals surface area contributed by atoms with E-state index in [0.29, 0.717) is 36.6 Å². The molecule has 4 rings (SSSR count). The number of fused-ring (bicyclic) bond motifs is 2. The molecule has 0 unspecified atom stereocenters. The Morgan fingerprint density at radius 1 is 1.14 bits per heavy atom. The van der Waals surface area contributed by atoms with Crippen molar-refractivity contribution in [2.24, 2.45) is 0 Å². The highest BCUT2D eigenvalue weighted by Crippen LogP contribution is 2.40. The first-order chi connectivity index (χ1) is 14.0. The van der Waals surface area contributed by atoms with Crippen LogP contribution < -0.4 is 14.2 Å². The zero-order chi connectivity index (χ0) is 20.5. The molecule has 1 N–H and O–H groups in total. The Bertz CT molecular complexity index is 931. The number of benzene rings is 2. The topological polar surface area (TPSA) is 85.3 Å². The van der Waals surface area contributed by atoms with Gasteiger partial charge in [0.25, 0.3) is 5.91 Å². The zero-order valence-corrected chi connectivity index (χ0v) is 16.4. The van der Waals surface area contributed by atoms with Gasteiger partial charge in [0, 0.05) is 13.0 Å². The van der Waals surface area contributed by atoms with Gasteiger partial charge >= 0.3 is 5.97 Å². The number of rotatable bonds is 5. The Kier molecular flexibility index (Phi) is 5.05. The zero-order valence-electron chi connectivity index (χ0n) is 16.4. The summed E-state index contributed by atoms with van der Waals surface area (Å²) < 4.78 is 16.6. The summed E-state index contributed by atoms with van der Waals surface area (Å²) in [6.07, 6.45) is 0.278. The largest absolute Gasteiger partial charge is 0.493 e. The number of carboxylic acids is 1. The Labute approximate surface area is 168 Å². The second-order valence-electron chi connectivity index (χ2n) is 7.22. The first-order valence-corrected chi connectivity index (χ1v) is 9.53. The van der Waals surface area contributed by atoms with E-state index in [1.165, 1.54) is 7.11 Å². The first-order valence-electron chi connectivity index (χ1n) is 9.53. The van der Waals surface area contributed by atoms with Crippen molar-refractivity contribution in [3.8, 4) is 17.2 Å². The quantitative estimate of drug-likeness (QED) is 0.835. The molecule has 0 fully saturated rings. The van der Waals surface area contributed by atoms with Gasteiger partial charge in [-0.2, -0.15) is 0 Å². The van der Waals surface area contributed by atoms with Crippen LogP contribution in [0, 0.1) is 0 Å². The highest BCUT2D eigenvalue weighted by molar-refractivity contribution is 5.84. The summed E-state index contributed by atoms with van der Waals surface area (Å²) in [6, 6.07) is 10.6. The van der Waals surface area contributed by atoms with Gasteiger partial charge in [0.15, 0.2) is 17.6 Å². The van der Waals surface area contributed by atoms with Crippen LogP contribution in [0.2, 0.25) is 0 Å². The van der Waals surface area contributed by atoms with Gasteiger partial charge < -0.3 is 24.2 Å². The molecule has 0 saturated heterocycles. The van der Waals surface area contributed by atoms with Crippen molar-refractivity contribution in [1.29, 1.82) is 0 Å². The van der Waals surface area contributed by atoms with E-state index in [2.05, 4.69) is 0 Å². The highest BCUT2D eigenvalue weighted by Gasteiger charge is 2.39. The van der Waals surface area contributed by atoms with Crippen LogP contribution in [-0.4, -0.2) is 48.8 Å². The molecule has 2 aliphatic rings. The van der Waals surface area contributed by atoms with Crippen molar-refractivity contribution in [3.63, 3.8) is 0 Å². The van der Waals surface area contributed by atoms with Gasteiger partial charge in [-0.1, -0.05) is 18.2 Å². The van der Waals surface area contributed by atoms with E-state index in [9.17, 15) is 14.7 Å². The van der Waals surface area contributed by atoms with Crippen LogP contribution in [0.1, 0.15) is 29.2 Å². The molecule has 29 heavy (non-hydrogen) atoms. The van der Waals surface area contributed by atoms with Crippen LogP contribution in [0.3, 0.4) is 0 Å². The lowest BCUT2D eigenvalue weighted by Gasteiger charge is -2.38. The SMILES string of the molecule is COc1cc2c(cc1OC)[C@@H](CC(=O)O)N(C(=O)[C@@H]1Cc3ccccc3O1)CC2. The normalized spacial score (nSPS) is 19.7. The maximum absolute atomic E-state index is 13.3. The minimum Gasteiger partial charge on any atom is -0.493 e. The Balaban J connectivity index is 1.66. The second-order valence-corrected chi connectivity index (χ2v) is 7.22. The molecule has 0 aromatic heterocycles. The smallest absolute Gasteiger partial charge is 0.305 e. The average Bonchev–Trinajstić information content (AvgIpc) is 3.16. The van der Waals surface area contributed by atoms with Gasteiger partial charge in [-0.3, -0.25) is 9.59 Å². The van der Waals surface area contributed by atoms with Gasteiger partial charge in [0.05, 0.1) is 26.7 Å². The van der Waals surface area contributed by atoms with E-state index in [-0.39, 0.29) is 12.3 Å². The van der Waals surface area contributed by atoms with E-state index < -0.39 is 18.1 Å². The maximum Gasteiger partial charge on any atom is 0.305 e. The number of ether oxygens (including phenoxy) is 3. The third kappa shape index (κ3) is 3.48. The molecule has 0 spiro atoms. The number of amides is 1. The number of methoxy groups -OCH3 is 2. The Hall–Kier alpha value is -3.22. The molecule has 2 aromatic rings. The van der Waals surface area contributed by atoms with Crippen LogP contribution in [0.5, 0.6) is 17.2 Å². The number of carbonyl (C=O) groups excluding carboxylic acids is 1. The lowest BCUT2D eigenvalue weighted by Crippen LogP contribution is -2.47. The molecule has 2 atom stereocenters. The number of carboxylic acid groups (broad SMARTS) is 1. The van der Waals surface area contributed by atoms with Crippen molar-refractivity contribution in [3.05, 3.63) is 53.1 Å². The standard InChI is InChI=1S/C22H23NO6/c1-27-18-9-13-7-8-23(16(12-21(24)25)15(13)11-19(18)28-2)22(26)20-10-14-5-3-4-6-17(14)29-20/h3-6,9,11,16,20H,7-8,10,12H2,1-2H3,(H,24,25)/t16-,20+/m1/s1. The monoisotopic (exact) mass is 397 g/mol. The fourth-order valence-corrected chi connectivity index (χ4v) is 4.18. The first kappa shape index (κ1) is 19.1. The molecule has 0 bridgehead atoms. The van der Waals surface area contributed by atoms with E-state index in [1.54, 1.807) is 18.1 Å². The van der Waals surface area contributed by atoms with E-state index in [4.69, 9.17) is 14.2 Å². The van der Waals surface area contributed by atoms with Gasteiger partial charge in [0.2, 0.25) is 0 Å². The Morgan fingerprint density at radius 2 is 1.86 bits per heavy atom. The minimum absolute atomic E-state index is 0.187. The van der Waals surface area contributed by atoms with Gasteiger partial charge in [-0.15, -0.1) is 0 Å². The van der Waals surface area contributed by atoms with Crippen LogP contribution in [0.15, 0.2) is 36.4 Å². The molecule has 7 heteroatoms. The lowest BCUT2D eigenvalue weighted by molar-refractivity contribution is -0.144. The van der Waals surface area contributed by atoms with Crippen molar-refractivity contribution >= 4 is 11.9 Å². The van der Waals surface area contributed by atoms with E-state index in [1.807, 2.05) is 30.3 Å². The Morgan fingerprint density at radius 3 is 2.55 bits per heavy atom. The fraction of sp³-hybridized carbons (Fsp3) is 0.364. The summed E-state index contributed by atoms with van der Waals surface area (Å²) in [7, 11) is 3.10. The van der Waals surface area contributed by atoms with Crippen molar-refractivity contribution < 1.29 is 28.9 Å². The van der Waals surface area contributed by atoms with E-state index in [0.717, 1.165) is 16.7 Å². The van der Waals surface area contributed by atoms with Crippen molar-refractivity contribution in [2.75, 3.05) is 20.8 Å². The van der Waals surface area contributed by atoms with Crippen LogP contribution in [0.25, 0.3) is 0 Å². The molecule has 2 aliphatic heterocycles. The third-order valence-corrected chi connectivity index (χ3v) is 5.58. The number of nitrogens with zero attached hydrogens (tertiary/aromatic N) is 1. The second kappa shape index (κ2) is 7.66. The number of hydrogen-bond acceptors (Lipinski definition) is 5. The average molecular weight is 397 g/mol. The van der Waals surface area contributed by atoms with Crippen LogP contribution >= 0.6 is 0 Å². The van der Waals surface area contributed by atoms with Crippen LogP contribution in [-0.2, 0) is 22.4 Å². The molecule has 2 heterocycles. The van der Waals surface area contributed by atoms with E-state index >= 15 is 0 Å². The number of aliphatic carboxylic acids is 1. The fourth-order valence-electron chi connectivity index (χ4n) is 4.18. The molecule has 7 nitrogen and oxygen atoms in total. The molecule has 0 saturated carbocycles. The maximum atomic E-state index is 13.3. The predicted molar refractivity (Wildman–Crippen MR) is 105 cm³/mol. The predicted octanol–water partition coefficient (Wildman–Crippen LogP) is 2.61. The summed E-state index contributed by atoms with van der Waals surface area (Å²) in [4.78, 5) is 26.5. The summed E-state index contributed by atoms with van der Waals surface area (Å²) >= 11 is 0. The molecular weight excluding hydrogens is 374 g/mol. The molecule has 0 aliphatic carbocycles. The highest BCUT2D eigenvalue weighted by atomic mass is 16.5. The van der Waals surface area contributed by atoms with Gasteiger partial charge in [0.1, 0.15) is 5.75 Å². The van der Waals surface area contributed by atoms with Crippen LogP contribution in [0.4, 0.5) is 0 Å². The van der Waals surface area contributed by atoms with Crippen molar-refractivity contribution in [2.45, 2.75) is 31.4 Å². The summed E-state index contributed by atoms with van der Waals surface area (Å²) in [6.45, 7) is 0.426. The summed E-state index contributed by atoms with van der Waals surface area (Å²) in [5.41, 5.74) is 2.73. The molecular formula is C22H23NO6. The number of para-hydroxylation sites is 1. The molecule has 152 valence electrons. The minimum atomic E-state index is -0.967. The van der Waals surface area contributed by atoms with Crippen molar-refractivity contribution in [1.82, 2.24) is 4.90 Å². The molecule has 0 radical (unpaired) electrons. The van der Waals surface area contributed by atoms with Gasteiger partial charge in [-0.25, -0.2) is 0 Å². The number of hydrogen-bond donors (Lipinski definition) is 1. The number of carbonyl (C=O) groups is 2. The lowest BCUT2D eigenvalue weighted by atomic mass is 9.89. The van der Waals surface area contributed by atoms with Gasteiger partial charge in [-0.05, 0) is 41.3 Å². The summed E-state index contributed by atoms with van der Waals surface area (Å²) in [5.74, 6) is 0.665.